The van der Waals surface area contributed by atoms with Crippen molar-refractivity contribution in [1.29, 1.82) is 0 Å². The second kappa shape index (κ2) is 8.84. The van der Waals surface area contributed by atoms with Crippen LogP contribution >= 0.6 is 15.9 Å². The van der Waals surface area contributed by atoms with Crippen LogP contribution < -0.4 is 14.2 Å². The van der Waals surface area contributed by atoms with Gasteiger partial charge in [-0.25, -0.2) is 9.97 Å². The maximum absolute atomic E-state index is 12.4. The van der Waals surface area contributed by atoms with Crippen molar-refractivity contribution in [3.05, 3.63) is 41.1 Å². The van der Waals surface area contributed by atoms with Crippen molar-refractivity contribution in [3.63, 3.8) is 0 Å². The summed E-state index contributed by atoms with van der Waals surface area (Å²) in [5.41, 5.74) is 0. The summed E-state index contributed by atoms with van der Waals surface area (Å²) in [6.07, 6.45) is 4.88. The van der Waals surface area contributed by atoms with Crippen LogP contribution in [0.15, 0.2) is 41.1 Å². The second-order valence-electron chi connectivity index (χ2n) is 5.87. The molecule has 0 bridgehead atoms. The fraction of sp³-hybridized carbons (Fsp3) is 0.389. The average molecular weight is 422 g/mol. The Kier molecular flexibility index (Phi) is 6.27. The number of halogens is 1. The lowest BCUT2D eigenvalue weighted by molar-refractivity contribution is -0.136. The lowest BCUT2D eigenvalue weighted by atomic mass is 10.1. The van der Waals surface area contributed by atoms with Gasteiger partial charge in [0.2, 0.25) is 0 Å². The molecule has 0 radical (unpaired) electrons. The Morgan fingerprint density at radius 3 is 2.85 bits per heavy atom. The predicted molar refractivity (Wildman–Crippen MR) is 98.5 cm³/mol. The molecule has 0 spiro atoms. The molecule has 1 aromatic heterocycles. The number of methoxy groups -OCH3 is 1. The van der Waals surface area contributed by atoms with Gasteiger partial charge in [-0.15, -0.1) is 0 Å². The van der Waals surface area contributed by atoms with Gasteiger partial charge >= 0.3 is 6.01 Å². The van der Waals surface area contributed by atoms with E-state index in [1.54, 1.807) is 36.5 Å². The van der Waals surface area contributed by atoms with E-state index in [9.17, 15) is 4.79 Å². The number of aromatic nitrogens is 2. The Balaban J connectivity index is 1.51. The lowest BCUT2D eigenvalue weighted by Crippen LogP contribution is -2.46. The van der Waals surface area contributed by atoms with E-state index >= 15 is 0 Å². The first-order valence-electron chi connectivity index (χ1n) is 8.33. The molecule has 0 saturated carbocycles. The van der Waals surface area contributed by atoms with Gasteiger partial charge in [-0.1, -0.05) is 6.07 Å². The van der Waals surface area contributed by atoms with Crippen LogP contribution in [0.3, 0.4) is 0 Å². The smallest absolute Gasteiger partial charge is 0.316 e. The molecule has 1 atom stereocenters. The molecule has 1 amide bonds. The number of hydrogen-bond donors (Lipinski definition) is 0. The van der Waals surface area contributed by atoms with Crippen LogP contribution in [-0.4, -0.2) is 53.7 Å². The fourth-order valence-electron chi connectivity index (χ4n) is 2.70. The Bertz CT molecular complexity index is 741. The minimum atomic E-state index is -0.120. The van der Waals surface area contributed by atoms with Crippen molar-refractivity contribution < 1.29 is 19.0 Å². The van der Waals surface area contributed by atoms with E-state index in [1.165, 1.54) is 0 Å². The highest BCUT2D eigenvalue weighted by Gasteiger charge is 2.25. The topological polar surface area (TPSA) is 73.8 Å². The number of carbonyl (C=O) groups excluding carboxylic acids is 1. The maximum Gasteiger partial charge on any atom is 0.316 e. The number of carbonyl (C=O) groups is 1. The van der Waals surface area contributed by atoms with Gasteiger partial charge in [0.25, 0.3) is 5.91 Å². The standard InChI is InChI=1S/C18H20BrN3O4/c1-24-14-4-2-5-15(8-14)25-12-17(23)22-7-3-6-16(11-22)26-18-20-9-13(19)10-21-18/h2,4-5,8-10,16H,3,6-7,11-12H2,1H3. The largest absolute Gasteiger partial charge is 0.497 e. The van der Waals surface area contributed by atoms with Crippen LogP contribution in [-0.2, 0) is 4.79 Å². The molecule has 1 fully saturated rings. The zero-order valence-corrected chi connectivity index (χ0v) is 16.0. The van der Waals surface area contributed by atoms with Crippen LogP contribution in [0.25, 0.3) is 0 Å². The van der Waals surface area contributed by atoms with Crippen molar-refractivity contribution in [1.82, 2.24) is 14.9 Å². The molecule has 26 heavy (non-hydrogen) atoms. The molecule has 8 heteroatoms. The molecular weight excluding hydrogens is 402 g/mol. The number of amides is 1. The van der Waals surface area contributed by atoms with Gasteiger partial charge in [0.15, 0.2) is 6.61 Å². The van der Waals surface area contributed by atoms with E-state index in [0.29, 0.717) is 30.6 Å². The molecule has 1 aliphatic rings. The molecule has 1 unspecified atom stereocenters. The second-order valence-corrected chi connectivity index (χ2v) is 6.79. The number of benzene rings is 1. The third-order valence-corrected chi connectivity index (χ3v) is 4.41. The Hall–Kier alpha value is -2.35. The van der Waals surface area contributed by atoms with Crippen LogP contribution in [0.2, 0.25) is 0 Å². The van der Waals surface area contributed by atoms with Gasteiger partial charge in [-0.05, 0) is 40.9 Å². The van der Waals surface area contributed by atoms with E-state index in [1.807, 2.05) is 12.1 Å². The molecule has 0 aliphatic carbocycles. The molecule has 2 heterocycles. The summed E-state index contributed by atoms with van der Waals surface area (Å²) >= 11 is 3.29. The molecule has 1 aromatic carbocycles. The van der Waals surface area contributed by atoms with Gasteiger partial charge in [0.1, 0.15) is 17.6 Å². The van der Waals surface area contributed by atoms with E-state index in [2.05, 4.69) is 25.9 Å². The molecule has 0 N–H and O–H groups in total. The summed E-state index contributed by atoms with van der Waals surface area (Å²) in [4.78, 5) is 22.4. The quantitative estimate of drug-likeness (QED) is 0.713. The number of likely N-dealkylation sites (tertiary alicyclic amines) is 1. The van der Waals surface area contributed by atoms with Crippen LogP contribution in [0.1, 0.15) is 12.8 Å². The molecular formula is C18H20BrN3O4. The number of hydrogen-bond acceptors (Lipinski definition) is 6. The van der Waals surface area contributed by atoms with E-state index in [-0.39, 0.29) is 18.6 Å². The van der Waals surface area contributed by atoms with Crippen LogP contribution in [0.5, 0.6) is 17.5 Å². The highest BCUT2D eigenvalue weighted by Crippen LogP contribution is 2.20. The predicted octanol–water partition coefficient (Wildman–Crippen LogP) is 2.70. The Morgan fingerprint density at radius 2 is 2.08 bits per heavy atom. The van der Waals surface area contributed by atoms with Crippen molar-refractivity contribution in [2.24, 2.45) is 0 Å². The summed E-state index contributed by atoms with van der Waals surface area (Å²) in [5.74, 6) is 1.22. The highest BCUT2D eigenvalue weighted by molar-refractivity contribution is 9.10. The first-order chi connectivity index (χ1) is 12.6. The monoisotopic (exact) mass is 421 g/mol. The molecule has 138 valence electrons. The molecule has 1 saturated heterocycles. The summed E-state index contributed by atoms with van der Waals surface area (Å²) in [6.45, 7) is 1.18. The Morgan fingerprint density at radius 1 is 1.31 bits per heavy atom. The van der Waals surface area contributed by atoms with Crippen molar-refractivity contribution in [3.8, 4) is 17.5 Å². The normalized spacial score (nSPS) is 16.8. The summed E-state index contributed by atoms with van der Waals surface area (Å²) in [7, 11) is 1.59. The maximum atomic E-state index is 12.4. The van der Waals surface area contributed by atoms with Gasteiger partial charge in [-0.3, -0.25) is 4.79 Å². The minimum Gasteiger partial charge on any atom is -0.497 e. The summed E-state index contributed by atoms with van der Waals surface area (Å²) < 4.78 is 17.3. The van der Waals surface area contributed by atoms with E-state index < -0.39 is 0 Å². The fourth-order valence-corrected chi connectivity index (χ4v) is 2.90. The Labute approximate surface area is 160 Å². The van der Waals surface area contributed by atoms with Gasteiger partial charge in [0, 0.05) is 25.0 Å². The van der Waals surface area contributed by atoms with Crippen LogP contribution in [0.4, 0.5) is 0 Å². The zero-order valence-electron chi connectivity index (χ0n) is 14.4. The van der Waals surface area contributed by atoms with Crippen molar-refractivity contribution >= 4 is 21.8 Å². The summed E-state index contributed by atoms with van der Waals surface area (Å²) in [6, 6.07) is 7.51. The molecule has 3 rings (SSSR count). The first-order valence-corrected chi connectivity index (χ1v) is 9.12. The lowest BCUT2D eigenvalue weighted by Gasteiger charge is -2.32. The average Bonchev–Trinajstić information content (AvgIpc) is 2.68. The first kappa shape index (κ1) is 18.4. The van der Waals surface area contributed by atoms with Gasteiger partial charge in [0.05, 0.1) is 18.1 Å². The van der Waals surface area contributed by atoms with Gasteiger partial charge < -0.3 is 19.1 Å². The van der Waals surface area contributed by atoms with Gasteiger partial charge in [-0.2, -0.15) is 0 Å². The number of ether oxygens (including phenoxy) is 3. The SMILES string of the molecule is COc1cccc(OCC(=O)N2CCCC(Oc3ncc(Br)cn3)C2)c1. The third kappa shape index (κ3) is 5.08. The van der Waals surface area contributed by atoms with E-state index in [0.717, 1.165) is 17.3 Å². The highest BCUT2D eigenvalue weighted by atomic mass is 79.9. The zero-order chi connectivity index (χ0) is 18.4. The van der Waals surface area contributed by atoms with Crippen LogP contribution in [0, 0.1) is 0 Å². The summed E-state index contributed by atoms with van der Waals surface area (Å²) in [5, 5.41) is 0. The third-order valence-electron chi connectivity index (χ3n) is 4.00. The number of rotatable bonds is 6. The molecule has 7 nitrogen and oxygen atoms in total. The number of nitrogens with zero attached hydrogens (tertiary/aromatic N) is 3. The van der Waals surface area contributed by atoms with E-state index in [4.69, 9.17) is 14.2 Å². The van der Waals surface area contributed by atoms with Crippen molar-refractivity contribution in [2.45, 2.75) is 18.9 Å². The minimum absolute atomic E-state index is 0.0192. The van der Waals surface area contributed by atoms with Crippen molar-refractivity contribution in [2.75, 3.05) is 26.8 Å². The number of piperidine rings is 1. The molecule has 1 aliphatic heterocycles. The molecule has 2 aromatic rings.